The summed E-state index contributed by atoms with van der Waals surface area (Å²) in [5, 5.41) is 0. The molecule has 2 rings (SSSR count). The number of halogens is 4. The van der Waals surface area contributed by atoms with Crippen LogP contribution in [-0.2, 0) is 0 Å². The van der Waals surface area contributed by atoms with Crippen molar-refractivity contribution < 1.29 is 0 Å². The molecule has 0 bridgehead atoms. The molecule has 2 aromatic heterocycles. The molecule has 0 saturated heterocycles. The third-order valence-electron chi connectivity index (χ3n) is 2.08. The normalized spacial score (nSPS) is 13.1. The molecule has 1 atom stereocenters. The zero-order chi connectivity index (χ0) is 11.9. The van der Waals surface area contributed by atoms with Gasteiger partial charge in [0.1, 0.15) is 0 Å². The molecular formula is C10H6Br2Cl2S2. The zero-order valence-corrected chi connectivity index (χ0v) is 14.4. The van der Waals surface area contributed by atoms with Crippen LogP contribution in [-0.4, -0.2) is 0 Å². The smallest absolute Gasteiger partial charge is 0.0991 e. The topological polar surface area (TPSA) is 0 Å². The predicted molar refractivity (Wildman–Crippen MR) is 81.9 cm³/mol. The van der Waals surface area contributed by atoms with Crippen LogP contribution in [0.4, 0.5) is 0 Å². The molecule has 2 heterocycles. The van der Waals surface area contributed by atoms with E-state index in [1.165, 1.54) is 21.1 Å². The Balaban J connectivity index is 2.38. The Morgan fingerprint density at radius 3 is 2.38 bits per heavy atom. The molecule has 0 aromatic carbocycles. The van der Waals surface area contributed by atoms with Crippen LogP contribution < -0.4 is 0 Å². The van der Waals surface area contributed by atoms with Crippen molar-refractivity contribution in [3.8, 4) is 0 Å². The van der Waals surface area contributed by atoms with Gasteiger partial charge in [0.05, 0.1) is 13.5 Å². The molecule has 0 aliphatic rings. The average molecular weight is 421 g/mol. The SMILES string of the molecule is Cc1sc(C(Br)c2cc(Cl)sc2Cl)cc1Br. The summed E-state index contributed by atoms with van der Waals surface area (Å²) in [6, 6.07) is 4.03. The van der Waals surface area contributed by atoms with Crippen LogP contribution in [0.5, 0.6) is 0 Å². The highest BCUT2D eigenvalue weighted by atomic mass is 79.9. The van der Waals surface area contributed by atoms with Gasteiger partial charge in [0.25, 0.3) is 0 Å². The van der Waals surface area contributed by atoms with Crippen LogP contribution in [0, 0.1) is 6.92 Å². The summed E-state index contributed by atoms with van der Waals surface area (Å²) in [5.74, 6) is 0. The van der Waals surface area contributed by atoms with Gasteiger partial charge in [0.15, 0.2) is 0 Å². The Bertz CT molecular complexity index is 499. The fraction of sp³-hybridized carbons (Fsp3) is 0.200. The van der Waals surface area contributed by atoms with Crippen LogP contribution in [0.25, 0.3) is 0 Å². The van der Waals surface area contributed by atoms with E-state index in [-0.39, 0.29) is 4.83 Å². The number of rotatable bonds is 2. The molecule has 0 aliphatic carbocycles. The lowest BCUT2D eigenvalue weighted by atomic mass is 10.2. The van der Waals surface area contributed by atoms with Crippen molar-refractivity contribution in [1.29, 1.82) is 0 Å². The van der Waals surface area contributed by atoms with Gasteiger partial charge in [-0.25, -0.2) is 0 Å². The molecule has 1 unspecified atom stereocenters. The van der Waals surface area contributed by atoms with E-state index in [4.69, 9.17) is 23.2 Å². The standard InChI is InChI=1S/C10H6Br2Cl2S2/c1-4-6(11)3-7(15-4)9(12)5-2-8(13)16-10(5)14/h2-3,9H,1H3. The molecule has 0 fully saturated rings. The highest BCUT2D eigenvalue weighted by Gasteiger charge is 2.19. The molecule has 16 heavy (non-hydrogen) atoms. The maximum absolute atomic E-state index is 6.13. The molecule has 6 heteroatoms. The summed E-state index contributed by atoms with van der Waals surface area (Å²) in [7, 11) is 0. The van der Waals surface area contributed by atoms with Gasteiger partial charge in [-0.2, -0.15) is 0 Å². The highest BCUT2D eigenvalue weighted by molar-refractivity contribution is 9.10. The first-order valence-corrected chi connectivity index (χ1v) is 8.43. The summed E-state index contributed by atoms with van der Waals surface area (Å²) in [4.78, 5) is 2.59. The van der Waals surface area contributed by atoms with Crippen LogP contribution in [0.15, 0.2) is 16.6 Å². The quantitative estimate of drug-likeness (QED) is 0.476. The lowest BCUT2D eigenvalue weighted by Crippen LogP contribution is -1.86. The van der Waals surface area contributed by atoms with Crippen LogP contribution in [0.1, 0.15) is 20.1 Å². The van der Waals surface area contributed by atoms with Crippen molar-refractivity contribution in [3.05, 3.63) is 40.6 Å². The summed E-state index contributed by atoms with van der Waals surface area (Å²) in [5.41, 5.74) is 1.03. The van der Waals surface area contributed by atoms with Crippen molar-refractivity contribution in [1.82, 2.24) is 0 Å². The summed E-state index contributed by atoms with van der Waals surface area (Å²) in [6.07, 6.45) is 0. The number of hydrogen-bond donors (Lipinski definition) is 0. The van der Waals surface area contributed by atoms with Gasteiger partial charge in [0.2, 0.25) is 0 Å². The molecule has 86 valence electrons. The molecule has 0 amide bonds. The largest absolute Gasteiger partial charge is 0.143 e. The van der Waals surface area contributed by atoms with Crippen molar-refractivity contribution in [2.75, 3.05) is 0 Å². The fourth-order valence-corrected chi connectivity index (χ4v) is 5.43. The van der Waals surface area contributed by atoms with Gasteiger partial charge in [-0.3, -0.25) is 0 Å². The van der Waals surface area contributed by atoms with Crippen molar-refractivity contribution in [2.45, 2.75) is 11.8 Å². The first-order chi connectivity index (χ1) is 7.49. The van der Waals surface area contributed by atoms with Crippen molar-refractivity contribution in [2.24, 2.45) is 0 Å². The number of alkyl halides is 1. The van der Waals surface area contributed by atoms with E-state index in [1.54, 1.807) is 11.3 Å². The molecule has 0 saturated carbocycles. The van der Waals surface area contributed by atoms with Crippen LogP contribution in [0.3, 0.4) is 0 Å². The predicted octanol–water partition coefficient (Wildman–Crippen LogP) is 6.67. The van der Waals surface area contributed by atoms with Crippen molar-refractivity contribution in [3.63, 3.8) is 0 Å². The first kappa shape index (κ1) is 13.4. The minimum Gasteiger partial charge on any atom is -0.143 e. The van der Waals surface area contributed by atoms with Gasteiger partial charge in [-0.15, -0.1) is 22.7 Å². The third-order valence-corrected chi connectivity index (χ3v) is 7.09. The van der Waals surface area contributed by atoms with E-state index in [0.717, 1.165) is 18.7 Å². The Labute approximate surface area is 129 Å². The highest BCUT2D eigenvalue weighted by Crippen LogP contribution is 2.44. The molecule has 0 aliphatic heterocycles. The number of hydrogen-bond acceptors (Lipinski definition) is 2. The van der Waals surface area contributed by atoms with Crippen molar-refractivity contribution >= 4 is 77.7 Å². The Morgan fingerprint density at radius 2 is 1.94 bits per heavy atom. The number of aryl methyl sites for hydroxylation is 1. The summed E-state index contributed by atoms with van der Waals surface area (Å²) >= 11 is 22.4. The monoisotopic (exact) mass is 418 g/mol. The molecule has 0 N–H and O–H groups in total. The fourth-order valence-electron chi connectivity index (χ4n) is 1.29. The second-order valence-electron chi connectivity index (χ2n) is 3.20. The summed E-state index contributed by atoms with van der Waals surface area (Å²) in [6.45, 7) is 2.08. The van der Waals surface area contributed by atoms with Gasteiger partial charge < -0.3 is 0 Å². The summed E-state index contributed by atoms with van der Waals surface area (Å²) < 4.78 is 2.60. The molecule has 0 radical (unpaired) electrons. The second kappa shape index (κ2) is 5.29. The minimum atomic E-state index is 0.110. The van der Waals surface area contributed by atoms with Crippen LogP contribution >= 0.6 is 77.7 Å². The maximum atomic E-state index is 6.13. The number of thiophene rings is 2. The van der Waals surface area contributed by atoms with Gasteiger partial charge >= 0.3 is 0 Å². The first-order valence-electron chi connectivity index (χ1n) is 4.33. The van der Waals surface area contributed by atoms with E-state index in [9.17, 15) is 0 Å². The van der Waals surface area contributed by atoms with E-state index in [1.807, 2.05) is 6.07 Å². The van der Waals surface area contributed by atoms with E-state index < -0.39 is 0 Å². The second-order valence-corrected chi connectivity index (χ2v) is 8.54. The van der Waals surface area contributed by atoms with E-state index in [2.05, 4.69) is 44.8 Å². The lowest BCUT2D eigenvalue weighted by Gasteiger charge is -2.05. The van der Waals surface area contributed by atoms with E-state index >= 15 is 0 Å². The molecular weight excluding hydrogens is 415 g/mol. The van der Waals surface area contributed by atoms with Gasteiger partial charge in [0, 0.05) is 19.8 Å². The lowest BCUT2D eigenvalue weighted by molar-refractivity contribution is 1.25. The third kappa shape index (κ3) is 2.68. The Kier molecular flexibility index (Phi) is 4.42. The van der Waals surface area contributed by atoms with Gasteiger partial charge in [-0.05, 0) is 35.0 Å². The minimum absolute atomic E-state index is 0.110. The molecule has 2 aromatic rings. The maximum Gasteiger partial charge on any atom is 0.0991 e. The average Bonchev–Trinajstić information content (AvgIpc) is 2.70. The molecule has 0 spiro atoms. The van der Waals surface area contributed by atoms with Crippen LogP contribution in [0.2, 0.25) is 8.67 Å². The molecule has 0 nitrogen and oxygen atoms in total. The Hall–Kier alpha value is 0.940. The van der Waals surface area contributed by atoms with Gasteiger partial charge in [-0.1, -0.05) is 39.1 Å². The van der Waals surface area contributed by atoms with E-state index in [0.29, 0.717) is 0 Å². The Morgan fingerprint density at radius 1 is 1.25 bits per heavy atom. The zero-order valence-electron chi connectivity index (χ0n) is 8.06.